The minimum Gasteiger partial charge on any atom is -0.497 e. The van der Waals surface area contributed by atoms with Gasteiger partial charge in [0.05, 0.1) is 13.7 Å². The van der Waals surface area contributed by atoms with Crippen molar-refractivity contribution >= 4 is 12.0 Å². The molecule has 6 nitrogen and oxygen atoms in total. The summed E-state index contributed by atoms with van der Waals surface area (Å²) in [6.07, 6.45) is 4.32. The van der Waals surface area contributed by atoms with Crippen LogP contribution in [0.2, 0.25) is 0 Å². The molecule has 0 unspecified atom stereocenters. The highest BCUT2D eigenvalue weighted by Gasteiger charge is 2.38. The van der Waals surface area contributed by atoms with Crippen LogP contribution in [0.3, 0.4) is 0 Å². The molecule has 1 heterocycles. The maximum absolute atomic E-state index is 13.0. The quantitative estimate of drug-likeness (QED) is 0.880. The van der Waals surface area contributed by atoms with E-state index in [1.807, 2.05) is 39.0 Å². The van der Waals surface area contributed by atoms with Crippen LogP contribution in [0.15, 0.2) is 18.2 Å². The summed E-state index contributed by atoms with van der Waals surface area (Å²) in [5.41, 5.74) is 1.45. The molecular formula is C21H30N2O4. The normalized spacial score (nSPS) is 20.1. The first-order valence-corrected chi connectivity index (χ1v) is 9.72. The molecule has 27 heavy (non-hydrogen) atoms. The van der Waals surface area contributed by atoms with E-state index in [4.69, 9.17) is 9.47 Å². The zero-order chi connectivity index (χ0) is 19.6. The second kappa shape index (κ2) is 7.79. The highest BCUT2D eigenvalue weighted by atomic mass is 16.6. The largest absolute Gasteiger partial charge is 0.497 e. The van der Waals surface area contributed by atoms with Gasteiger partial charge in [-0.15, -0.1) is 0 Å². The molecule has 3 rings (SSSR count). The second-order valence-corrected chi connectivity index (χ2v) is 8.45. The summed E-state index contributed by atoms with van der Waals surface area (Å²) >= 11 is 0. The van der Waals surface area contributed by atoms with Crippen LogP contribution in [0.5, 0.6) is 5.75 Å². The van der Waals surface area contributed by atoms with Gasteiger partial charge in [-0.25, -0.2) is 4.79 Å². The number of carbonyl (C=O) groups excluding carboxylic acids is 2. The predicted molar refractivity (Wildman–Crippen MR) is 103 cm³/mol. The molecular weight excluding hydrogens is 344 g/mol. The van der Waals surface area contributed by atoms with Crippen molar-refractivity contribution in [3.8, 4) is 5.75 Å². The summed E-state index contributed by atoms with van der Waals surface area (Å²) in [6.45, 7) is 5.86. The zero-order valence-corrected chi connectivity index (χ0v) is 16.7. The Kier molecular flexibility index (Phi) is 5.63. The van der Waals surface area contributed by atoms with Crippen molar-refractivity contribution < 1.29 is 19.1 Å². The van der Waals surface area contributed by atoms with Gasteiger partial charge in [-0.3, -0.25) is 9.69 Å². The van der Waals surface area contributed by atoms with E-state index in [1.54, 1.807) is 12.0 Å². The lowest BCUT2D eigenvalue weighted by atomic mass is 9.93. The van der Waals surface area contributed by atoms with E-state index in [0.29, 0.717) is 13.0 Å². The van der Waals surface area contributed by atoms with E-state index in [9.17, 15) is 9.59 Å². The molecule has 6 heteroatoms. The van der Waals surface area contributed by atoms with Gasteiger partial charge >= 0.3 is 6.09 Å². The van der Waals surface area contributed by atoms with E-state index in [0.717, 1.165) is 42.6 Å². The molecule has 0 spiro atoms. The van der Waals surface area contributed by atoms with Crippen LogP contribution in [0.1, 0.15) is 57.6 Å². The van der Waals surface area contributed by atoms with Crippen LogP contribution in [-0.2, 0) is 22.5 Å². The molecule has 148 valence electrons. The van der Waals surface area contributed by atoms with Gasteiger partial charge in [-0.05, 0) is 56.9 Å². The van der Waals surface area contributed by atoms with Crippen molar-refractivity contribution in [3.05, 3.63) is 29.3 Å². The van der Waals surface area contributed by atoms with Gasteiger partial charge in [0, 0.05) is 12.5 Å². The Labute approximate surface area is 161 Å². The van der Waals surface area contributed by atoms with Crippen molar-refractivity contribution in [2.24, 2.45) is 0 Å². The fourth-order valence-electron chi connectivity index (χ4n) is 3.80. The topological polar surface area (TPSA) is 67.9 Å². The third kappa shape index (κ3) is 4.73. The van der Waals surface area contributed by atoms with Gasteiger partial charge in [0.15, 0.2) is 0 Å². The van der Waals surface area contributed by atoms with Gasteiger partial charge in [-0.1, -0.05) is 18.9 Å². The van der Waals surface area contributed by atoms with Crippen molar-refractivity contribution in [3.63, 3.8) is 0 Å². The highest BCUT2D eigenvalue weighted by Crippen LogP contribution is 2.29. The Balaban J connectivity index is 1.84. The Bertz CT molecular complexity index is 705. The molecule has 1 saturated carbocycles. The number of hydrogen-bond donors (Lipinski definition) is 1. The fourth-order valence-corrected chi connectivity index (χ4v) is 3.80. The predicted octanol–water partition coefficient (Wildman–Crippen LogP) is 3.42. The molecule has 0 bridgehead atoms. The molecule has 0 radical (unpaired) electrons. The second-order valence-electron chi connectivity index (χ2n) is 8.45. The first kappa shape index (κ1) is 19.5. The first-order chi connectivity index (χ1) is 12.8. The molecule has 1 aromatic rings. The number of methoxy groups -OCH3 is 1. The highest BCUT2D eigenvalue weighted by molar-refractivity contribution is 5.87. The molecule has 1 atom stereocenters. The molecule has 1 aromatic carbocycles. The zero-order valence-electron chi connectivity index (χ0n) is 16.7. The maximum Gasteiger partial charge on any atom is 0.411 e. The standard InChI is InChI=1S/C21H30N2O4/c1-21(2,3)27-20(25)23-13-14-9-10-17(26-4)11-15(14)12-18(23)19(24)22-16-7-5-6-8-16/h9-11,16,18H,5-8,12-13H2,1-4H3,(H,22,24)/t18-/m1/s1. The number of benzene rings is 1. The smallest absolute Gasteiger partial charge is 0.411 e. The summed E-state index contributed by atoms with van der Waals surface area (Å²) in [6, 6.07) is 5.43. The minimum absolute atomic E-state index is 0.0961. The SMILES string of the molecule is COc1ccc2c(c1)C[C@H](C(=O)NC1CCCC1)N(C(=O)OC(C)(C)C)C2. The summed E-state index contributed by atoms with van der Waals surface area (Å²) in [5.74, 6) is 0.663. The van der Waals surface area contributed by atoms with Gasteiger partial charge in [0.1, 0.15) is 17.4 Å². The van der Waals surface area contributed by atoms with E-state index < -0.39 is 17.7 Å². The average molecular weight is 374 g/mol. The van der Waals surface area contributed by atoms with Gasteiger partial charge in [0.25, 0.3) is 0 Å². The first-order valence-electron chi connectivity index (χ1n) is 9.72. The number of fused-ring (bicyclic) bond motifs is 1. The lowest BCUT2D eigenvalue weighted by molar-refractivity contribution is -0.127. The molecule has 1 aliphatic carbocycles. The lowest BCUT2D eigenvalue weighted by Crippen LogP contribution is -2.54. The number of rotatable bonds is 3. The van der Waals surface area contributed by atoms with Crippen molar-refractivity contribution in [2.45, 2.75) is 77.1 Å². The van der Waals surface area contributed by atoms with Gasteiger partial charge in [-0.2, -0.15) is 0 Å². The number of amides is 2. The van der Waals surface area contributed by atoms with E-state index in [2.05, 4.69) is 5.32 Å². The van der Waals surface area contributed by atoms with Crippen LogP contribution in [0, 0.1) is 0 Å². The van der Waals surface area contributed by atoms with Gasteiger partial charge < -0.3 is 14.8 Å². The maximum atomic E-state index is 13.0. The molecule has 0 saturated heterocycles. The third-order valence-corrected chi connectivity index (χ3v) is 5.18. The fraction of sp³-hybridized carbons (Fsp3) is 0.619. The van der Waals surface area contributed by atoms with Crippen molar-refractivity contribution in [1.82, 2.24) is 10.2 Å². The van der Waals surface area contributed by atoms with E-state index in [1.165, 1.54) is 0 Å². The lowest BCUT2D eigenvalue weighted by Gasteiger charge is -2.37. The third-order valence-electron chi connectivity index (χ3n) is 5.18. The van der Waals surface area contributed by atoms with Gasteiger partial charge in [0.2, 0.25) is 5.91 Å². The number of nitrogens with one attached hydrogen (secondary N) is 1. The van der Waals surface area contributed by atoms with E-state index >= 15 is 0 Å². The molecule has 2 amide bonds. The molecule has 2 aliphatic rings. The van der Waals surface area contributed by atoms with Crippen LogP contribution >= 0.6 is 0 Å². The monoisotopic (exact) mass is 374 g/mol. The molecule has 1 N–H and O–H groups in total. The Morgan fingerprint density at radius 1 is 1.15 bits per heavy atom. The Morgan fingerprint density at radius 3 is 2.48 bits per heavy atom. The number of nitrogens with zero attached hydrogens (tertiary/aromatic N) is 1. The number of carbonyl (C=O) groups is 2. The van der Waals surface area contributed by atoms with Crippen molar-refractivity contribution in [2.75, 3.05) is 7.11 Å². The summed E-state index contributed by atoms with van der Waals surface area (Å²) in [5, 5.41) is 3.14. The molecule has 0 aromatic heterocycles. The van der Waals surface area contributed by atoms with Crippen LogP contribution < -0.4 is 10.1 Å². The number of hydrogen-bond acceptors (Lipinski definition) is 4. The van der Waals surface area contributed by atoms with Crippen LogP contribution in [-0.4, -0.2) is 41.7 Å². The molecule has 1 aliphatic heterocycles. The summed E-state index contributed by atoms with van der Waals surface area (Å²) in [7, 11) is 1.63. The van der Waals surface area contributed by atoms with Crippen molar-refractivity contribution in [1.29, 1.82) is 0 Å². The summed E-state index contributed by atoms with van der Waals surface area (Å²) < 4.78 is 10.9. The van der Waals surface area contributed by atoms with E-state index in [-0.39, 0.29) is 11.9 Å². The number of ether oxygens (including phenoxy) is 2. The molecule has 1 fully saturated rings. The van der Waals surface area contributed by atoms with Crippen LogP contribution in [0.4, 0.5) is 4.79 Å². The summed E-state index contributed by atoms with van der Waals surface area (Å²) in [4.78, 5) is 27.4. The Hall–Kier alpha value is -2.24. The minimum atomic E-state index is -0.607. The average Bonchev–Trinajstić information content (AvgIpc) is 3.11. The Morgan fingerprint density at radius 2 is 1.85 bits per heavy atom. The van der Waals surface area contributed by atoms with Crippen LogP contribution in [0.25, 0.3) is 0 Å².